The summed E-state index contributed by atoms with van der Waals surface area (Å²) < 4.78 is 10.6. The summed E-state index contributed by atoms with van der Waals surface area (Å²) in [7, 11) is 1.60. The van der Waals surface area contributed by atoms with Gasteiger partial charge in [-0.3, -0.25) is 4.79 Å². The molecular weight excluding hydrogens is 366 g/mol. The Morgan fingerprint density at radius 1 is 1.26 bits per heavy atom. The van der Waals surface area contributed by atoms with E-state index < -0.39 is 0 Å². The molecule has 0 radical (unpaired) electrons. The van der Waals surface area contributed by atoms with E-state index in [-0.39, 0.29) is 11.9 Å². The Bertz CT molecular complexity index is 955. The number of hydrogen-bond donors (Lipinski definition) is 0. The molecule has 1 saturated heterocycles. The van der Waals surface area contributed by atoms with E-state index in [2.05, 4.69) is 10.1 Å². The first kappa shape index (κ1) is 17.5. The van der Waals surface area contributed by atoms with E-state index in [9.17, 15) is 4.79 Å². The van der Waals surface area contributed by atoms with E-state index >= 15 is 0 Å². The third kappa shape index (κ3) is 3.53. The van der Waals surface area contributed by atoms with Gasteiger partial charge in [-0.25, -0.2) is 0 Å². The average molecular weight is 384 g/mol. The Hall–Kier alpha value is -2.86. The van der Waals surface area contributed by atoms with Gasteiger partial charge in [0, 0.05) is 22.7 Å². The maximum atomic E-state index is 12.9. The minimum absolute atomic E-state index is 0.0531. The second kappa shape index (κ2) is 7.40. The lowest BCUT2D eigenvalue weighted by atomic mass is 10.1. The highest BCUT2D eigenvalue weighted by molar-refractivity contribution is 6.30. The number of carbonyl (C=O) groups excluding carboxylic acids is 1. The van der Waals surface area contributed by atoms with Gasteiger partial charge in [-0.1, -0.05) is 28.9 Å². The van der Waals surface area contributed by atoms with Crippen LogP contribution in [-0.4, -0.2) is 34.6 Å². The van der Waals surface area contributed by atoms with Gasteiger partial charge in [-0.2, -0.15) is 4.98 Å². The summed E-state index contributed by atoms with van der Waals surface area (Å²) in [6, 6.07) is 14.1. The molecule has 4 rings (SSSR count). The molecule has 1 aromatic heterocycles. The average Bonchev–Trinajstić information content (AvgIpc) is 3.37. The first-order valence-corrected chi connectivity index (χ1v) is 9.08. The van der Waals surface area contributed by atoms with E-state index in [1.165, 1.54) is 0 Å². The highest BCUT2D eigenvalue weighted by Gasteiger charge is 2.34. The van der Waals surface area contributed by atoms with Gasteiger partial charge in [0.15, 0.2) is 0 Å². The fraction of sp³-hybridized carbons (Fsp3) is 0.250. The monoisotopic (exact) mass is 383 g/mol. The number of rotatable bonds is 4. The standard InChI is InChI=1S/C20H18ClN3O3/c1-26-16-9-7-13(8-10-16)20(25)24-11-3-6-17(24)19-22-18(23-27-19)14-4-2-5-15(21)12-14/h2,4-5,7-10,12,17H,3,6,11H2,1H3. The molecule has 0 saturated carbocycles. The van der Waals surface area contributed by atoms with Crippen LogP contribution in [0.15, 0.2) is 53.1 Å². The smallest absolute Gasteiger partial charge is 0.254 e. The summed E-state index contributed by atoms with van der Waals surface area (Å²) in [5.41, 5.74) is 1.39. The number of methoxy groups -OCH3 is 1. The third-order valence-corrected chi connectivity index (χ3v) is 4.90. The zero-order valence-electron chi connectivity index (χ0n) is 14.8. The zero-order valence-corrected chi connectivity index (χ0v) is 15.5. The van der Waals surface area contributed by atoms with Gasteiger partial charge in [0.1, 0.15) is 11.8 Å². The summed E-state index contributed by atoms with van der Waals surface area (Å²) in [6.45, 7) is 0.657. The van der Waals surface area contributed by atoms with Crippen LogP contribution in [0.4, 0.5) is 0 Å². The van der Waals surface area contributed by atoms with Crippen LogP contribution in [0.1, 0.15) is 35.1 Å². The zero-order chi connectivity index (χ0) is 18.8. The summed E-state index contributed by atoms with van der Waals surface area (Å²) in [5.74, 6) is 1.58. The van der Waals surface area contributed by atoms with Crippen molar-refractivity contribution in [1.29, 1.82) is 0 Å². The fourth-order valence-corrected chi connectivity index (χ4v) is 3.47. The number of aromatic nitrogens is 2. The van der Waals surface area contributed by atoms with Gasteiger partial charge in [0.2, 0.25) is 11.7 Å². The van der Waals surface area contributed by atoms with Crippen molar-refractivity contribution >= 4 is 17.5 Å². The lowest BCUT2D eigenvalue weighted by Crippen LogP contribution is -2.30. The molecule has 2 heterocycles. The summed E-state index contributed by atoms with van der Waals surface area (Å²) in [4.78, 5) is 19.2. The van der Waals surface area contributed by atoms with Crippen LogP contribution < -0.4 is 4.74 Å². The van der Waals surface area contributed by atoms with Gasteiger partial charge in [0.05, 0.1) is 7.11 Å². The van der Waals surface area contributed by atoms with Crippen molar-refractivity contribution in [2.75, 3.05) is 13.7 Å². The maximum absolute atomic E-state index is 12.9. The van der Waals surface area contributed by atoms with E-state index in [1.807, 2.05) is 12.1 Å². The fourth-order valence-electron chi connectivity index (χ4n) is 3.28. The van der Waals surface area contributed by atoms with Crippen molar-refractivity contribution < 1.29 is 14.1 Å². The molecule has 0 spiro atoms. The van der Waals surface area contributed by atoms with Crippen LogP contribution in [0.25, 0.3) is 11.4 Å². The molecule has 1 unspecified atom stereocenters. The second-order valence-electron chi connectivity index (χ2n) is 6.35. The molecule has 1 fully saturated rings. The second-order valence-corrected chi connectivity index (χ2v) is 6.79. The highest BCUT2D eigenvalue weighted by Crippen LogP contribution is 2.33. The number of likely N-dealkylation sites (tertiary alicyclic amines) is 1. The number of halogens is 1. The van der Waals surface area contributed by atoms with Crippen molar-refractivity contribution in [1.82, 2.24) is 15.0 Å². The van der Waals surface area contributed by atoms with Crippen LogP contribution in [0.3, 0.4) is 0 Å². The molecule has 7 heteroatoms. The summed E-state index contributed by atoms with van der Waals surface area (Å²) >= 11 is 6.03. The minimum atomic E-state index is -0.222. The number of nitrogens with zero attached hydrogens (tertiary/aromatic N) is 3. The van der Waals surface area contributed by atoms with Crippen LogP contribution in [-0.2, 0) is 0 Å². The molecule has 3 aromatic rings. The molecule has 6 nitrogen and oxygen atoms in total. The van der Waals surface area contributed by atoms with E-state index in [4.69, 9.17) is 20.9 Å². The molecule has 0 N–H and O–H groups in total. The molecule has 27 heavy (non-hydrogen) atoms. The Morgan fingerprint density at radius 2 is 2.07 bits per heavy atom. The lowest BCUT2D eigenvalue weighted by molar-refractivity contribution is 0.0710. The van der Waals surface area contributed by atoms with Crippen LogP contribution in [0, 0.1) is 0 Å². The summed E-state index contributed by atoms with van der Waals surface area (Å²) in [6.07, 6.45) is 1.68. The Balaban J connectivity index is 1.57. The Morgan fingerprint density at radius 3 is 2.81 bits per heavy atom. The van der Waals surface area contributed by atoms with Gasteiger partial charge >= 0.3 is 0 Å². The molecule has 1 amide bonds. The molecule has 138 valence electrons. The number of amides is 1. The van der Waals surface area contributed by atoms with Crippen molar-refractivity contribution in [3.8, 4) is 17.1 Å². The normalized spacial score (nSPS) is 16.5. The Labute approximate surface area is 161 Å². The van der Waals surface area contributed by atoms with E-state index in [1.54, 1.807) is 48.4 Å². The molecule has 1 atom stereocenters. The number of hydrogen-bond acceptors (Lipinski definition) is 5. The maximum Gasteiger partial charge on any atom is 0.254 e. The van der Waals surface area contributed by atoms with E-state index in [0.29, 0.717) is 34.6 Å². The minimum Gasteiger partial charge on any atom is -0.497 e. The lowest BCUT2D eigenvalue weighted by Gasteiger charge is -2.22. The van der Waals surface area contributed by atoms with Crippen molar-refractivity contribution in [3.63, 3.8) is 0 Å². The molecule has 1 aliphatic heterocycles. The van der Waals surface area contributed by atoms with Crippen molar-refractivity contribution in [2.24, 2.45) is 0 Å². The number of benzene rings is 2. The number of carbonyl (C=O) groups is 1. The van der Waals surface area contributed by atoms with Crippen molar-refractivity contribution in [2.45, 2.75) is 18.9 Å². The van der Waals surface area contributed by atoms with Gasteiger partial charge in [0.25, 0.3) is 5.91 Å². The quantitative estimate of drug-likeness (QED) is 0.668. The van der Waals surface area contributed by atoms with Crippen LogP contribution >= 0.6 is 11.6 Å². The molecular formula is C20H18ClN3O3. The Kier molecular flexibility index (Phi) is 4.81. The number of ether oxygens (including phenoxy) is 1. The SMILES string of the molecule is COc1ccc(C(=O)N2CCCC2c2nc(-c3cccc(Cl)c3)no2)cc1. The molecule has 2 aromatic carbocycles. The first-order chi connectivity index (χ1) is 13.2. The van der Waals surface area contributed by atoms with Crippen molar-refractivity contribution in [3.05, 3.63) is 65.0 Å². The predicted molar refractivity (Wildman–Crippen MR) is 101 cm³/mol. The van der Waals surface area contributed by atoms with E-state index in [0.717, 1.165) is 18.4 Å². The highest BCUT2D eigenvalue weighted by atomic mass is 35.5. The van der Waals surface area contributed by atoms with Crippen LogP contribution in [0.2, 0.25) is 5.02 Å². The first-order valence-electron chi connectivity index (χ1n) is 8.70. The topological polar surface area (TPSA) is 68.5 Å². The molecule has 0 aliphatic carbocycles. The molecule has 0 bridgehead atoms. The van der Waals surface area contributed by atoms with Gasteiger partial charge in [-0.15, -0.1) is 0 Å². The van der Waals surface area contributed by atoms with Gasteiger partial charge < -0.3 is 14.2 Å². The summed E-state index contributed by atoms with van der Waals surface area (Å²) in [5, 5.41) is 4.67. The molecule has 1 aliphatic rings. The largest absolute Gasteiger partial charge is 0.497 e. The predicted octanol–water partition coefficient (Wildman–Crippen LogP) is 4.38. The third-order valence-electron chi connectivity index (χ3n) is 4.66. The van der Waals surface area contributed by atoms with Gasteiger partial charge in [-0.05, 0) is 49.2 Å². The van der Waals surface area contributed by atoms with Crippen LogP contribution in [0.5, 0.6) is 5.75 Å².